The van der Waals surface area contributed by atoms with Crippen LogP contribution < -0.4 is 0 Å². The van der Waals surface area contributed by atoms with Gasteiger partial charge < -0.3 is 4.74 Å². The average Bonchev–Trinajstić information content (AvgIpc) is 1.54. The Morgan fingerprint density at radius 2 is 2.09 bits per heavy atom. The summed E-state index contributed by atoms with van der Waals surface area (Å²) in [6.45, 7) is 9.76. The molecule has 0 radical (unpaired) electrons. The van der Waals surface area contributed by atoms with Gasteiger partial charge in [-0.3, -0.25) is 0 Å². The number of hydrogen-bond donors (Lipinski definition) is 0. The zero-order valence-corrected chi connectivity index (χ0v) is 6.77. The first-order valence-corrected chi connectivity index (χ1v) is 3.42. The summed E-state index contributed by atoms with van der Waals surface area (Å²) in [6, 6.07) is 0. The van der Waals surface area contributed by atoms with Gasteiger partial charge in [-0.25, -0.2) is 4.99 Å². The van der Waals surface area contributed by atoms with E-state index in [1.54, 1.807) is 0 Å². The molecule has 0 amide bonds. The summed E-state index contributed by atoms with van der Waals surface area (Å²) in [7, 11) is 0. The highest BCUT2D eigenvalue weighted by molar-refractivity contribution is 5.75. The van der Waals surface area contributed by atoms with Crippen molar-refractivity contribution >= 4 is 5.90 Å². The molecule has 0 bridgehead atoms. The van der Waals surface area contributed by atoms with Crippen LogP contribution in [-0.2, 0) is 4.74 Å². The van der Waals surface area contributed by atoms with Gasteiger partial charge in [0.15, 0.2) is 5.90 Å². The van der Waals surface area contributed by atoms with E-state index in [1.165, 1.54) is 0 Å². The van der Waals surface area contributed by atoms with Gasteiger partial charge in [-0.15, -0.1) is 0 Å². The molecule has 0 aromatic carbocycles. The summed E-state index contributed by atoms with van der Waals surface area (Å²) in [5.41, 5.74) is -0.0145. The zero-order valence-electron chi connectivity index (χ0n) is 6.77. The molecule has 0 saturated heterocycles. The minimum atomic E-state index is -0.0145. The molecule has 0 aromatic heterocycles. The van der Waals surface area contributed by atoms with Crippen LogP contribution in [0.4, 0.5) is 0 Å². The molecule has 2 heteroatoms. The third-order valence-corrected chi connectivity index (χ3v) is 1.38. The van der Waals surface area contributed by atoms with Crippen molar-refractivity contribution in [2.75, 3.05) is 0 Å². The van der Waals surface area contributed by atoms with Gasteiger partial charge in [0.2, 0.25) is 0 Å². The number of nitrogens with zero attached hydrogens (tertiary/aromatic N) is 1. The fourth-order valence-electron chi connectivity index (χ4n) is 1.22. The van der Waals surface area contributed by atoms with E-state index in [9.17, 15) is 0 Å². The molecule has 64 valence electrons. The maximum Gasteiger partial charge on any atom is 0.187 e. The van der Waals surface area contributed by atoms with Crippen molar-refractivity contribution in [1.29, 1.82) is 0 Å². The van der Waals surface area contributed by atoms with E-state index in [0.29, 0.717) is 0 Å². The lowest BCUT2D eigenvalue weighted by atomic mass is 10.00. The Kier molecular flexibility index (Phi) is 2.85. The minimum Gasteiger partial charge on any atom is -0.449 e. The molecule has 2 nitrogen and oxygen atoms in total. The summed E-state index contributed by atoms with van der Waals surface area (Å²) in [5.74, 6) is 1.54. The maximum atomic E-state index is 5.18. The van der Waals surface area contributed by atoms with Gasteiger partial charge in [-0.1, -0.05) is 14.0 Å². The second-order valence-electron chi connectivity index (χ2n) is 3.26. The largest absolute Gasteiger partial charge is 0.449 e. The number of aliphatic imine (C=N–C) groups is 1. The summed E-state index contributed by atoms with van der Waals surface area (Å²) in [4.78, 5) is 4.30. The van der Waals surface area contributed by atoms with Crippen molar-refractivity contribution in [3.63, 3.8) is 0 Å². The first-order valence-electron chi connectivity index (χ1n) is 3.42. The molecule has 0 aliphatic carbocycles. The van der Waals surface area contributed by atoms with Gasteiger partial charge in [-0.05, 0) is 13.8 Å². The number of ether oxygens (including phenoxy) is 1. The zero-order chi connectivity index (χ0) is 7.78. The molecule has 1 heterocycles. The van der Waals surface area contributed by atoms with Crippen molar-refractivity contribution in [2.24, 2.45) is 4.99 Å². The molecular weight excluding hydrogens is 138 g/mol. The second kappa shape index (κ2) is 3.07. The van der Waals surface area contributed by atoms with Gasteiger partial charge in [-0.2, -0.15) is 0 Å². The Balaban J connectivity index is 0.000001000. The van der Waals surface area contributed by atoms with Crippen molar-refractivity contribution in [3.05, 3.63) is 12.3 Å². The molecule has 0 saturated carbocycles. The van der Waals surface area contributed by atoms with E-state index in [-0.39, 0.29) is 13.0 Å². The van der Waals surface area contributed by atoms with Crippen molar-refractivity contribution < 1.29 is 4.74 Å². The molecule has 0 aromatic rings. The van der Waals surface area contributed by atoms with Crippen LogP contribution in [0.2, 0.25) is 0 Å². The van der Waals surface area contributed by atoms with Gasteiger partial charge in [0.05, 0.1) is 5.54 Å². The van der Waals surface area contributed by atoms with E-state index in [4.69, 9.17) is 4.74 Å². The van der Waals surface area contributed by atoms with E-state index in [0.717, 1.165) is 18.1 Å². The third kappa shape index (κ3) is 2.74. The van der Waals surface area contributed by atoms with E-state index in [1.807, 2.05) is 6.92 Å². The van der Waals surface area contributed by atoms with Crippen LogP contribution in [0.5, 0.6) is 0 Å². The standard InChI is InChI=1S/C8H13NO.CH4/c1-6-5-8(3,4)9-7(2)10-6;/h1,5H2,2-4H3;1H4. The van der Waals surface area contributed by atoms with Crippen LogP contribution >= 0.6 is 0 Å². The molecule has 1 rings (SSSR count). The lowest BCUT2D eigenvalue weighted by Crippen LogP contribution is -2.25. The predicted molar refractivity (Wildman–Crippen MR) is 48.8 cm³/mol. The van der Waals surface area contributed by atoms with Crippen LogP contribution in [0, 0.1) is 0 Å². The highest BCUT2D eigenvalue weighted by Gasteiger charge is 2.23. The molecule has 0 spiro atoms. The van der Waals surface area contributed by atoms with E-state index in [2.05, 4.69) is 25.4 Å². The van der Waals surface area contributed by atoms with Crippen molar-refractivity contribution in [1.82, 2.24) is 0 Å². The van der Waals surface area contributed by atoms with Crippen molar-refractivity contribution in [3.8, 4) is 0 Å². The average molecular weight is 155 g/mol. The fourth-order valence-corrected chi connectivity index (χ4v) is 1.22. The Hall–Kier alpha value is -0.790. The highest BCUT2D eigenvalue weighted by Crippen LogP contribution is 2.24. The van der Waals surface area contributed by atoms with Gasteiger partial charge >= 0.3 is 0 Å². The lowest BCUT2D eigenvalue weighted by Gasteiger charge is -2.26. The number of rotatable bonds is 0. The first kappa shape index (κ1) is 10.2. The monoisotopic (exact) mass is 155 g/mol. The Bertz CT molecular complexity index is 192. The Morgan fingerprint density at radius 1 is 1.55 bits per heavy atom. The van der Waals surface area contributed by atoms with Crippen LogP contribution in [-0.4, -0.2) is 11.4 Å². The topological polar surface area (TPSA) is 21.6 Å². The fraction of sp³-hybridized carbons (Fsp3) is 0.667. The summed E-state index contributed by atoms with van der Waals surface area (Å²) in [5, 5.41) is 0. The Morgan fingerprint density at radius 3 is 2.45 bits per heavy atom. The maximum absolute atomic E-state index is 5.18. The molecular formula is C9H17NO. The van der Waals surface area contributed by atoms with E-state index < -0.39 is 0 Å². The van der Waals surface area contributed by atoms with Gasteiger partial charge in [0.25, 0.3) is 0 Å². The Labute approximate surface area is 69.0 Å². The lowest BCUT2D eigenvalue weighted by molar-refractivity contribution is 0.310. The first-order chi connectivity index (χ1) is 4.49. The summed E-state index contributed by atoms with van der Waals surface area (Å²) in [6.07, 6.45) is 0.824. The third-order valence-electron chi connectivity index (χ3n) is 1.38. The molecule has 0 atom stereocenters. The summed E-state index contributed by atoms with van der Waals surface area (Å²) >= 11 is 0. The van der Waals surface area contributed by atoms with Crippen LogP contribution in [0.3, 0.4) is 0 Å². The molecule has 1 aliphatic rings. The second-order valence-corrected chi connectivity index (χ2v) is 3.26. The van der Waals surface area contributed by atoms with Gasteiger partial charge in [0, 0.05) is 13.3 Å². The SMILES string of the molecule is C.C=C1CC(C)(C)N=C(C)O1. The van der Waals surface area contributed by atoms with E-state index >= 15 is 0 Å². The van der Waals surface area contributed by atoms with Gasteiger partial charge in [0.1, 0.15) is 5.76 Å². The normalized spacial score (nSPS) is 21.4. The molecule has 0 fully saturated rings. The van der Waals surface area contributed by atoms with Crippen LogP contribution in [0.1, 0.15) is 34.6 Å². The van der Waals surface area contributed by atoms with Crippen molar-refractivity contribution in [2.45, 2.75) is 40.2 Å². The minimum absolute atomic E-state index is 0. The van der Waals surface area contributed by atoms with Crippen LogP contribution in [0.25, 0.3) is 0 Å². The van der Waals surface area contributed by atoms with Crippen LogP contribution in [0.15, 0.2) is 17.3 Å². The molecule has 1 aliphatic heterocycles. The quantitative estimate of drug-likeness (QED) is 0.527. The summed E-state index contributed by atoms with van der Waals surface area (Å²) < 4.78 is 5.18. The molecule has 11 heavy (non-hydrogen) atoms. The number of hydrogen-bond acceptors (Lipinski definition) is 2. The predicted octanol–water partition coefficient (Wildman–Crippen LogP) is 2.75. The molecule has 0 N–H and O–H groups in total. The molecule has 0 unspecified atom stereocenters. The smallest absolute Gasteiger partial charge is 0.187 e. The highest BCUT2D eigenvalue weighted by atomic mass is 16.5.